The van der Waals surface area contributed by atoms with Gasteiger partial charge < -0.3 is 14.6 Å². The molecule has 0 unspecified atom stereocenters. The number of hydrogen-bond donors (Lipinski definition) is 1. The van der Waals surface area contributed by atoms with Crippen molar-refractivity contribution in [1.82, 2.24) is 4.90 Å². The summed E-state index contributed by atoms with van der Waals surface area (Å²) in [4.78, 5) is 2.34. The molecule has 0 aromatic rings. The first-order valence-electron chi connectivity index (χ1n) is 4.92. The molecule has 0 amide bonds. The van der Waals surface area contributed by atoms with Crippen LogP contribution in [0.1, 0.15) is 6.42 Å². The van der Waals surface area contributed by atoms with Gasteiger partial charge in [0.05, 0.1) is 26.4 Å². The minimum atomic E-state index is 0.114. The molecule has 78 valence electrons. The zero-order chi connectivity index (χ0) is 9.36. The lowest BCUT2D eigenvalue weighted by Gasteiger charge is -2.18. The maximum absolute atomic E-state index is 8.49. The van der Waals surface area contributed by atoms with E-state index in [-0.39, 0.29) is 6.61 Å². The first kappa shape index (κ1) is 10.9. The number of aliphatic hydroxyl groups excluding tert-OH is 1. The minimum absolute atomic E-state index is 0.114. The van der Waals surface area contributed by atoms with Crippen molar-refractivity contribution in [2.24, 2.45) is 0 Å². The minimum Gasteiger partial charge on any atom is -0.394 e. The van der Waals surface area contributed by atoms with E-state index in [9.17, 15) is 0 Å². The Morgan fingerprint density at radius 3 is 3.00 bits per heavy atom. The van der Waals surface area contributed by atoms with Crippen LogP contribution >= 0.6 is 0 Å². The molecule has 4 heteroatoms. The summed E-state index contributed by atoms with van der Waals surface area (Å²) in [6, 6.07) is 0. The monoisotopic (exact) mass is 189 g/mol. The smallest absolute Gasteiger partial charge is 0.0698 e. The lowest BCUT2D eigenvalue weighted by atomic mass is 10.4. The second-order valence-electron chi connectivity index (χ2n) is 3.14. The van der Waals surface area contributed by atoms with Crippen molar-refractivity contribution < 1.29 is 14.6 Å². The number of nitrogens with zero attached hydrogens (tertiary/aromatic N) is 1. The maximum atomic E-state index is 8.49. The average Bonchev–Trinajstić information content (AvgIpc) is 2.41. The van der Waals surface area contributed by atoms with Gasteiger partial charge in [0.2, 0.25) is 0 Å². The summed E-state index contributed by atoms with van der Waals surface area (Å²) in [6.07, 6.45) is 1.11. The Morgan fingerprint density at radius 1 is 1.23 bits per heavy atom. The standard InChI is InChI=1S/C9H19NO3/c11-5-9-13-8-4-10-2-1-6-12-7-3-10/h11H,1-9H2. The first-order valence-corrected chi connectivity index (χ1v) is 4.92. The summed E-state index contributed by atoms with van der Waals surface area (Å²) in [6.45, 7) is 6.04. The second kappa shape index (κ2) is 7.26. The number of hydrogen-bond acceptors (Lipinski definition) is 4. The lowest BCUT2D eigenvalue weighted by Crippen LogP contribution is -2.30. The summed E-state index contributed by atoms with van der Waals surface area (Å²) in [5, 5.41) is 8.49. The van der Waals surface area contributed by atoms with E-state index in [4.69, 9.17) is 14.6 Å². The molecule has 1 rings (SSSR count). The fraction of sp³-hybridized carbons (Fsp3) is 1.00. The topological polar surface area (TPSA) is 41.9 Å². The first-order chi connectivity index (χ1) is 6.43. The van der Waals surface area contributed by atoms with Gasteiger partial charge >= 0.3 is 0 Å². The molecule has 1 aliphatic rings. The zero-order valence-corrected chi connectivity index (χ0v) is 8.07. The summed E-state index contributed by atoms with van der Waals surface area (Å²) in [5.74, 6) is 0. The molecule has 1 aliphatic heterocycles. The van der Waals surface area contributed by atoms with Crippen LogP contribution in [0.25, 0.3) is 0 Å². The van der Waals surface area contributed by atoms with E-state index in [0.29, 0.717) is 13.2 Å². The fourth-order valence-corrected chi connectivity index (χ4v) is 1.38. The SMILES string of the molecule is OCCOCCN1CCCOCC1. The van der Waals surface area contributed by atoms with Gasteiger partial charge in [0.1, 0.15) is 0 Å². The molecule has 1 N–H and O–H groups in total. The zero-order valence-electron chi connectivity index (χ0n) is 8.07. The second-order valence-corrected chi connectivity index (χ2v) is 3.14. The maximum Gasteiger partial charge on any atom is 0.0698 e. The number of rotatable bonds is 5. The third kappa shape index (κ3) is 5.21. The van der Waals surface area contributed by atoms with Crippen LogP contribution in [0.2, 0.25) is 0 Å². The van der Waals surface area contributed by atoms with Crippen LogP contribution in [0.4, 0.5) is 0 Å². The number of aliphatic hydroxyl groups is 1. The van der Waals surface area contributed by atoms with E-state index < -0.39 is 0 Å². The van der Waals surface area contributed by atoms with Gasteiger partial charge in [-0.05, 0) is 6.42 Å². The summed E-state index contributed by atoms with van der Waals surface area (Å²) in [5.41, 5.74) is 0. The molecule has 0 atom stereocenters. The highest BCUT2D eigenvalue weighted by atomic mass is 16.5. The molecule has 13 heavy (non-hydrogen) atoms. The van der Waals surface area contributed by atoms with Crippen LogP contribution in [0, 0.1) is 0 Å². The van der Waals surface area contributed by atoms with Gasteiger partial charge in [0, 0.05) is 26.2 Å². The van der Waals surface area contributed by atoms with Crippen molar-refractivity contribution in [3.8, 4) is 0 Å². The normalized spacial score (nSPS) is 20.1. The highest BCUT2D eigenvalue weighted by Crippen LogP contribution is 1.98. The Labute approximate surface area is 79.4 Å². The van der Waals surface area contributed by atoms with Gasteiger partial charge in [-0.2, -0.15) is 0 Å². The van der Waals surface area contributed by atoms with E-state index in [1.807, 2.05) is 0 Å². The predicted octanol–water partition coefficient (Wildman–Crippen LogP) is -0.282. The van der Waals surface area contributed by atoms with E-state index in [0.717, 1.165) is 39.3 Å². The van der Waals surface area contributed by atoms with Crippen molar-refractivity contribution in [3.05, 3.63) is 0 Å². The van der Waals surface area contributed by atoms with Gasteiger partial charge in [-0.25, -0.2) is 0 Å². The summed E-state index contributed by atoms with van der Waals surface area (Å²) in [7, 11) is 0. The van der Waals surface area contributed by atoms with E-state index in [1.54, 1.807) is 0 Å². The van der Waals surface area contributed by atoms with Gasteiger partial charge in [-0.3, -0.25) is 4.90 Å². The molecule has 0 spiro atoms. The molecule has 0 radical (unpaired) electrons. The molecule has 0 bridgehead atoms. The average molecular weight is 189 g/mol. The van der Waals surface area contributed by atoms with Crippen molar-refractivity contribution in [3.63, 3.8) is 0 Å². The van der Waals surface area contributed by atoms with Crippen LogP contribution in [0.15, 0.2) is 0 Å². The van der Waals surface area contributed by atoms with Crippen LogP contribution in [0.3, 0.4) is 0 Å². The van der Waals surface area contributed by atoms with Crippen molar-refractivity contribution >= 4 is 0 Å². The quantitative estimate of drug-likeness (QED) is 0.604. The van der Waals surface area contributed by atoms with Crippen molar-refractivity contribution in [1.29, 1.82) is 0 Å². The molecule has 4 nitrogen and oxygen atoms in total. The van der Waals surface area contributed by atoms with Crippen molar-refractivity contribution in [2.45, 2.75) is 6.42 Å². The Bertz CT molecular complexity index is 113. The Morgan fingerprint density at radius 2 is 2.15 bits per heavy atom. The van der Waals surface area contributed by atoms with Crippen LogP contribution in [-0.4, -0.2) is 62.7 Å². The molecular formula is C9H19NO3. The molecule has 0 aromatic carbocycles. The van der Waals surface area contributed by atoms with E-state index in [1.165, 1.54) is 0 Å². The third-order valence-electron chi connectivity index (χ3n) is 2.10. The third-order valence-corrected chi connectivity index (χ3v) is 2.10. The molecule has 0 aliphatic carbocycles. The molecule has 0 aromatic heterocycles. The largest absolute Gasteiger partial charge is 0.394 e. The molecule has 1 fully saturated rings. The Hall–Kier alpha value is -0.160. The van der Waals surface area contributed by atoms with Crippen LogP contribution in [0.5, 0.6) is 0 Å². The highest BCUT2D eigenvalue weighted by Gasteiger charge is 2.07. The molecule has 1 heterocycles. The van der Waals surface area contributed by atoms with Crippen LogP contribution < -0.4 is 0 Å². The van der Waals surface area contributed by atoms with Crippen molar-refractivity contribution in [2.75, 3.05) is 52.7 Å². The van der Waals surface area contributed by atoms with Crippen LogP contribution in [-0.2, 0) is 9.47 Å². The van der Waals surface area contributed by atoms with E-state index >= 15 is 0 Å². The number of ether oxygens (including phenoxy) is 2. The van der Waals surface area contributed by atoms with Gasteiger partial charge in [0.25, 0.3) is 0 Å². The van der Waals surface area contributed by atoms with Gasteiger partial charge in [-0.15, -0.1) is 0 Å². The summed E-state index contributed by atoms with van der Waals surface area (Å²) >= 11 is 0. The highest BCUT2D eigenvalue weighted by molar-refractivity contribution is 4.60. The summed E-state index contributed by atoms with van der Waals surface area (Å²) < 4.78 is 10.5. The molecule has 1 saturated heterocycles. The van der Waals surface area contributed by atoms with Gasteiger partial charge in [0.15, 0.2) is 0 Å². The molecule has 0 saturated carbocycles. The predicted molar refractivity (Wildman–Crippen MR) is 49.8 cm³/mol. The Balaban J connectivity index is 1.98. The van der Waals surface area contributed by atoms with E-state index in [2.05, 4.69) is 4.90 Å². The molecular weight excluding hydrogens is 170 g/mol. The fourth-order valence-electron chi connectivity index (χ4n) is 1.38. The Kier molecular flexibility index (Phi) is 6.10. The lowest BCUT2D eigenvalue weighted by molar-refractivity contribution is 0.0719. The van der Waals surface area contributed by atoms with Gasteiger partial charge in [-0.1, -0.05) is 0 Å².